The van der Waals surface area contributed by atoms with Gasteiger partial charge >= 0.3 is 6.18 Å². The summed E-state index contributed by atoms with van der Waals surface area (Å²) in [4.78, 5) is 11.9. The van der Waals surface area contributed by atoms with E-state index in [1.165, 1.54) is 25.6 Å². The Morgan fingerprint density at radius 3 is 2.17 bits per heavy atom. The number of rotatable bonds is 2. The third kappa shape index (κ3) is 2.22. The van der Waals surface area contributed by atoms with Crippen LogP contribution in [-0.2, 0) is 7.05 Å². The predicted molar refractivity (Wildman–Crippen MR) is 58.7 cm³/mol. The maximum absolute atomic E-state index is 12.5. The molecule has 0 amide bonds. The van der Waals surface area contributed by atoms with Crippen LogP contribution in [0.3, 0.4) is 0 Å². The molecule has 7 heteroatoms. The highest BCUT2D eigenvalue weighted by atomic mass is 19.4. The number of methoxy groups -OCH3 is 1. The van der Waals surface area contributed by atoms with Gasteiger partial charge in [-0.2, -0.15) is 13.2 Å². The van der Waals surface area contributed by atoms with E-state index in [-0.39, 0.29) is 11.4 Å². The summed E-state index contributed by atoms with van der Waals surface area (Å²) >= 11 is 0. The van der Waals surface area contributed by atoms with Crippen LogP contribution in [0.1, 0.15) is 23.1 Å². The molecule has 1 atom stereocenters. The van der Waals surface area contributed by atoms with Gasteiger partial charge in [0.2, 0.25) is 5.43 Å². The van der Waals surface area contributed by atoms with Crippen LogP contribution in [0.25, 0.3) is 0 Å². The van der Waals surface area contributed by atoms with Gasteiger partial charge in [-0.05, 0) is 13.8 Å². The van der Waals surface area contributed by atoms with E-state index in [1.54, 1.807) is 6.92 Å². The molecule has 0 fully saturated rings. The van der Waals surface area contributed by atoms with Crippen molar-refractivity contribution in [2.24, 2.45) is 7.05 Å². The van der Waals surface area contributed by atoms with Crippen LogP contribution in [0.4, 0.5) is 13.2 Å². The SMILES string of the molecule is COc1c(C)n(C)c(C)c(C(O)C(F)(F)F)c1=O. The average molecular weight is 265 g/mol. The number of aliphatic hydroxyl groups excluding tert-OH is 1. The number of pyridine rings is 1. The first-order valence-corrected chi connectivity index (χ1v) is 5.11. The molecule has 1 rings (SSSR count). The number of halogens is 3. The third-order valence-electron chi connectivity index (χ3n) is 2.96. The third-order valence-corrected chi connectivity index (χ3v) is 2.96. The van der Waals surface area contributed by atoms with Crippen LogP contribution in [0, 0.1) is 13.8 Å². The summed E-state index contributed by atoms with van der Waals surface area (Å²) in [5, 5.41) is 9.26. The van der Waals surface area contributed by atoms with Crippen molar-refractivity contribution in [2.45, 2.75) is 26.1 Å². The minimum atomic E-state index is -4.89. The van der Waals surface area contributed by atoms with E-state index < -0.39 is 23.3 Å². The fraction of sp³-hybridized carbons (Fsp3) is 0.545. The number of alkyl halides is 3. The lowest BCUT2D eigenvalue weighted by molar-refractivity contribution is -0.207. The fourth-order valence-electron chi connectivity index (χ4n) is 1.76. The molecule has 0 aliphatic rings. The van der Waals surface area contributed by atoms with Crippen molar-refractivity contribution in [2.75, 3.05) is 7.11 Å². The van der Waals surface area contributed by atoms with Crippen molar-refractivity contribution in [1.82, 2.24) is 4.57 Å². The van der Waals surface area contributed by atoms with Crippen molar-refractivity contribution >= 4 is 0 Å². The molecule has 0 bridgehead atoms. The largest absolute Gasteiger partial charge is 0.491 e. The van der Waals surface area contributed by atoms with Gasteiger partial charge < -0.3 is 14.4 Å². The first-order chi connectivity index (χ1) is 8.12. The molecule has 4 nitrogen and oxygen atoms in total. The number of hydrogen-bond acceptors (Lipinski definition) is 3. The second-order valence-electron chi connectivity index (χ2n) is 3.95. The Morgan fingerprint density at radius 1 is 1.28 bits per heavy atom. The lowest BCUT2D eigenvalue weighted by Crippen LogP contribution is -2.30. The van der Waals surface area contributed by atoms with Gasteiger partial charge in [0.15, 0.2) is 11.9 Å². The Labute approximate surface area is 102 Å². The van der Waals surface area contributed by atoms with Crippen LogP contribution in [-0.4, -0.2) is 23.0 Å². The maximum Gasteiger partial charge on any atom is 0.418 e. The summed E-state index contributed by atoms with van der Waals surface area (Å²) in [6, 6.07) is 0. The highest BCUT2D eigenvalue weighted by Crippen LogP contribution is 2.33. The van der Waals surface area contributed by atoms with Gasteiger partial charge in [-0.15, -0.1) is 0 Å². The van der Waals surface area contributed by atoms with Crippen LogP contribution < -0.4 is 10.2 Å². The van der Waals surface area contributed by atoms with E-state index in [2.05, 4.69) is 0 Å². The minimum absolute atomic E-state index is 0.0584. The summed E-state index contributed by atoms with van der Waals surface area (Å²) in [5.41, 5.74) is -1.18. The van der Waals surface area contributed by atoms with Gasteiger partial charge in [-0.1, -0.05) is 0 Å². The highest BCUT2D eigenvalue weighted by Gasteiger charge is 2.42. The van der Waals surface area contributed by atoms with Gasteiger partial charge in [0, 0.05) is 12.7 Å². The molecule has 18 heavy (non-hydrogen) atoms. The van der Waals surface area contributed by atoms with E-state index in [1.807, 2.05) is 0 Å². The first-order valence-electron chi connectivity index (χ1n) is 5.11. The molecule has 1 aromatic heterocycles. The second-order valence-corrected chi connectivity index (χ2v) is 3.95. The van der Waals surface area contributed by atoms with Crippen LogP contribution in [0.2, 0.25) is 0 Å². The van der Waals surface area contributed by atoms with Gasteiger partial charge in [0.25, 0.3) is 0 Å². The normalized spacial score (nSPS) is 13.6. The van der Waals surface area contributed by atoms with Crippen molar-refractivity contribution in [1.29, 1.82) is 0 Å². The number of hydrogen-bond donors (Lipinski definition) is 1. The maximum atomic E-state index is 12.5. The van der Waals surface area contributed by atoms with Gasteiger partial charge in [0.05, 0.1) is 18.4 Å². The number of aliphatic hydroxyl groups is 1. The summed E-state index contributed by atoms with van der Waals surface area (Å²) in [7, 11) is 2.70. The Morgan fingerprint density at radius 2 is 1.78 bits per heavy atom. The molecule has 0 spiro atoms. The number of aromatic nitrogens is 1. The van der Waals surface area contributed by atoms with Gasteiger partial charge in [-0.25, -0.2) is 0 Å². The second kappa shape index (κ2) is 4.64. The summed E-state index contributed by atoms with van der Waals surface area (Å²) in [6.07, 6.45) is -7.71. The van der Waals surface area contributed by atoms with Crippen molar-refractivity contribution in [3.8, 4) is 5.75 Å². The quantitative estimate of drug-likeness (QED) is 0.883. The molecular formula is C11H14F3NO3. The van der Waals surface area contributed by atoms with E-state index in [9.17, 15) is 23.1 Å². The Hall–Kier alpha value is -1.50. The molecule has 0 saturated heterocycles. The first kappa shape index (κ1) is 14.6. The predicted octanol–water partition coefficient (Wildman–Crippen LogP) is 1.61. The zero-order chi connectivity index (χ0) is 14.2. The molecule has 0 radical (unpaired) electrons. The molecule has 0 aliphatic heterocycles. The fourth-order valence-corrected chi connectivity index (χ4v) is 1.76. The summed E-state index contributed by atoms with van der Waals surface area (Å²) in [5.74, 6) is -0.193. The van der Waals surface area contributed by atoms with E-state index in [0.717, 1.165) is 0 Å². The van der Waals surface area contributed by atoms with Gasteiger partial charge in [0.1, 0.15) is 0 Å². The van der Waals surface area contributed by atoms with Gasteiger partial charge in [-0.3, -0.25) is 4.79 Å². The Kier molecular flexibility index (Phi) is 3.75. The van der Waals surface area contributed by atoms with E-state index in [0.29, 0.717) is 5.69 Å². The molecule has 102 valence electrons. The topological polar surface area (TPSA) is 51.5 Å². The highest BCUT2D eigenvalue weighted by molar-refractivity contribution is 5.37. The Bertz CT molecular complexity index is 520. The van der Waals surface area contributed by atoms with E-state index >= 15 is 0 Å². The molecular weight excluding hydrogens is 251 g/mol. The smallest absolute Gasteiger partial charge is 0.418 e. The molecule has 0 aliphatic carbocycles. The van der Waals surface area contributed by atoms with Crippen molar-refractivity contribution in [3.63, 3.8) is 0 Å². The zero-order valence-electron chi connectivity index (χ0n) is 10.4. The lowest BCUT2D eigenvalue weighted by Gasteiger charge is -2.21. The summed E-state index contributed by atoms with van der Waals surface area (Å²) < 4.78 is 43.8. The molecule has 0 saturated carbocycles. The van der Waals surface area contributed by atoms with Crippen molar-refractivity contribution in [3.05, 3.63) is 27.2 Å². The van der Waals surface area contributed by atoms with Crippen LogP contribution in [0.15, 0.2) is 4.79 Å². The van der Waals surface area contributed by atoms with Crippen LogP contribution >= 0.6 is 0 Å². The monoisotopic (exact) mass is 265 g/mol. The summed E-state index contributed by atoms with van der Waals surface area (Å²) in [6.45, 7) is 2.90. The zero-order valence-corrected chi connectivity index (χ0v) is 10.4. The number of ether oxygens (including phenoxy) is 1. The molecule has 0 aromatic carbocycles. The average Bonchev–Trinajstić information content (AvgIpc) is 2.26. The molecule has 1 heterocycles. The molecule has 1 unspecified atom stereocenters. The standard InChI is InChI=1S/C11H14F3NO3/c1-5-7(10(17)11(12,13)14)8(16)9(18-4)6(2)15(5)3/h10,17H,1-4H3. The van der Waals surface area contributed by atoms with E-state index in [4.69, 9.17) is 4.74 Å². The Balaban J connectivity index is 3.65. The molecule has 1 aromatic rings. The van der Waals surface area contributed by atoms with Crippen molar-refractivity contribution < 1.29 is 23.0 Å². The molecule has 1 N–H and O–H groups in total. The number of nitrogens with zero attached hydrogens (tertiary/aromatic N) is 1. The van der Waals surface area contributed by atoms with Crippen LogP contribution in [0.5, 0.6) is 5.75 Å². The lowest BCUT2D eigenvalue weighted by atomic mass is 10.0. The minimum Gasteiger partial charge on any atom is -0.491 e.